The van der Waals surface area contributed by atoms with Gasteiger partial charge in [0.25, 0.3) is 0 Å². The number of hydrogen-bond donors (Lipinski definition) is 1. The Morgan fingerprint density at radius 3 is 1.82 bits per heavy atom. The lowest BCUT2D eigenvalue weighted by molar-refractivity contribution is 1.08. The molecule has 0 radical (unpaired) electrons. The molecule has 1 N–H and O–H groups in total. The first kappa shape index (κ1) is 28.6. The molecule has 4 aromatic heterocycles. The van der Waals surface area contributed by atoms with E-state index in [0.717, 1.165) is 22.2 Å². The van der Waals surface area contributed by atoms with Crippen LogP contribution in [0.5, 0.6) is 0 Å². The van der Waals surface area contributed by atoms with Crippen molar-refractivity contribution in [3.63, 3.8) is 0 Å². The Bertz CT molecular complexity index is 3150. The van der Waals surface area contributed by atoms with Crippen LogP contribution in [0.2, 0.25) is 0 Å². The summed E-state index contributed by atoms with van der Waals surface area (Å²) in [6.45, 7) is 0. The molecule has 238 valence electrons. The third-order valence-corrected chi connectivity index (χ3v) is 12.2. The van der Waals surface area contributed by atoms with Crippen molar-refractivity contribution < 1.29 is 0 Å². The van der Waals surface area contributed by atoms with E-state index >= 15 is 0 Å². The van der Waals surface area contributed by atoms with Gasteiger partial charge in [-0.05, 0) is 35.9 Å². The summed E-state index contributed by atoms with van der Waals surface area (Å²) in [5.74, 6) is 2.02. The fourth-order valence-electron chi connectivity index (χ4n) is 7.46. The highest BCUT2D eigenvalue weighted by Gasteiger charge is 2.18. The van der Waals surface area contributed by atoms with Gasteiger partial charge in [-0.15, -0.1) is 22.7 Å². The predicted octanol–water partition coefficient (Wildman–Crippen LogP) is 12.9. The highest BCUT2D eigenvalue weighted by Crippen LogP contribution is 2.42. The molecule has 51 heavy (non-hydrogen) atoms. The molecule has 0 saturated heterocycles. The quantitative estimate of drug-likeness (QED) is 0.200. The number of benzene rings is 7. The largest absolute Gasteiger partial charge is 0.354 e. The van der Waals surface area contributed by atoms with Gasteiger partial charge in [-0.25, -0.2) is 15.0 Å². The SMILES string of the molecule is c1ccc(-c2nc(-c3ccc4c(c3)sc3cc(-c5cccc6c5[nH]c5ccccc56)ccc34)nc(-c3cccc4c3sc3ccccc34)n2)cc1. The van der Waals surface area contributed by atoms with Crippen LogP contribution in [0.15, 0.2) is 152 Å². The van der Waals surface area contributed by atoms with E-state index in [9.17, 15) is 0 Å². The zero-order chi connectivity index (χ0) is 33.5. The standard InChI is InChI=1S/C45H26N4S2/c1-2-10-26(11-3-1)43-47-44(49-45(48-43)36-17-9-16-35-31-13-5-7-19-38(31)51-42(35)36)28-21-23-33-32-22-20-27(24-39(32)50-40(33)25-28)29-14-8-15-34-30-12-4-6-18-37(30)46-41(29)34/h1-25,46H. The molecule has 4 heterocycles. The van der Waals surface area contributed by atoms with Crippen molar-refractivity contribution in [2.75, 3.05) is 0 Å². The minimum Gasteiger partial charge on any atom is -0.354 e. The van der Waals surface area contributed by atoms with Gasteiger partial charge in [0.2, 0.25) is 0 Å². The maximum Gasteiger partial charge on any atom is 0.165 e. The Balaban J connectivity index is 1.06. The lowest BCUT2D eigenvalue weighted by Gasteiger charge is -2.09. The number of nitrogens with zero attached hydrogens (tertiary/aromatic N) is 3. The molecule has 4 nitrogen and oxygen atoms in total. The van der Waals surface area contributed by atoms with Crippen LogP contribution in [0, 0.1) is 0 Å². The number of aromatic amines is 1. The van der Waals surface area contributed by atoms with Crippen LogP contribution in [0.3, 0.4) is 0 Å². The molecule has 11 aromatic rings. The average Bonchev–Trinajstić information content (AvgIpc) is 3.88. The van der Waals surface area contributed by atoms with Crippen molar-refractivity contribution in [1.82, 2.24) is 19.9 Å². The molecular weight excluding hydrogens is 661 g/mol. The molecule has 7 aromatic carbocycles. The second-order valence-corrected chi connectivity index (χ2v) is 15.0. The zero-order valence-corrected chi connectivity index (χ0v) is 28.7. The van der Waals surface area contributed by atoms with Gasteiger partial charge in [0.15, 0.2) is 17.5 Å². The van der Waals surface area contributed by atoms with Crippen molar-refractivity contribution in [1.29, 1.82) is 0 Å². The van der Waals surface area contributed by atoms with Crippen LogP contribution in [0.25, 0.3) is 107 Å². The van der Waals surface area contributed by atoms with E-state index in [1.807, 2.05) is 29.5 Å². The molecule has 0 spiro atoms. The Kier molecular flexibility index (Phi) is 6.26. The molecule has 0 amide bonds. The number of nitrogens with one attached hydrogen (secondary N) is 1. The highest BCUT2D eigenvalue weighted by molar-refractivity contribution is 7.26. The summed E-state index contributed by atoms with van der Waals surface area (Å²) in [7, 11) is 0. The first-order valence-electron chi connectivity index (χ1n) is 16.9. The molecule has 0 saturated carbocycles. The molecule has 0 fully saturated rings. The van der Waals surface area contributed by atoms with Gasteiger partial charge in [0.1, 0.15) is 0 Å². The van der Waals surface area contributed by atoms with Gasteiger partial charge >= 0.3 is 0 Å². The van der Waals surface area contributed by atoms with Gasteiger partial charge < -0.3 is 4.98 Å². The number of thiophene rings is 2. The minimum absolute atomic E-state index is 0.668. The molecule has 0 aliphatic carbocycles. The number of para-hydroxylation sites is 2. The Morgan fingerprint density at radius 1 is 0.373 bits per heavy atom. The molecule has 0 aliphatic rings. The van der Waals surface area contributed by atoms with Crippen molar-refractivity contribution >= 4 is 84.8 Å². The van der Waals surface area contributed by atoms with Gasteiger partial charge in [0, 0.05) is 78.9 Å². The third-order valence-electron chi connectivity index (χ3n) is 9.90. The monoisotopic (exact) mass is 686 g/mol. The summed E-state index contributed by atoms with van der Waals surface area (Å²) in [6, 6.07) is 53.8. The second kappa shape index (κ2) is 11.2. The fourth-order valence-corrected chi connectivity index (χ4v) is 9.86. The van der Waals surface area contributed by atoms with E-state index in [1.165, 1.54) is 67.8 Å². The van der Waals surface area contributed by atoms with E-state index in [1.54, 1.807) is 11.3 Å². The van der Waals surface area contributed by atoms with Gasteiger partial charge in [-0.1, -0.05) is 121 Å². The molecule has 0 unspecified atom stereocenters. The van der Waals surface area contributed by atoms with E-state index < -0.39 is 0 Å². The summed E-state index contributed by atoms with van der Waals surface area (Å²) in [5.41, 5.74) is 7.71. The summed E-state index contributed by atoms with van der Waals surface area (Å²) in [4.78, 5) is 19.0. The third kappa shape index (κ3) is 4.54. The maximum absolute atomic E-state index is 5.17. The van der Waals surface area contributed by atoms with E-state index in [4.69, 9.17) is 15.0 Å². The first-order valence-corrected chi connectivity index (χ1v) is 18.6. The highest BCUT2D eigenvalue weighted by atomic mass is 32.1. The van der Waals surface area contributed by atoms with E-state index in [0.29, 0.717) is 17.5 Å². The van der Waals surface area contributed by atoms with Crippen LogP contribution in [0.4, 0.5) is 0 Å². The van der Waals surface area contributed by atoms with Crippen LogP contribution >= 0.6 is 22.7 Å². The first-order chi connectivity index (χ1) is 25.2. The van der Waals surface area contributed by atoms with E-state index in [-0.39, 0.29) is 0 Å². The number of fused-ring (bicyclic) bond motifs is 9. The van der Waals surface area contributed by atoms with Gasteiger partial charge in [-0.3, -0.25) is 0 Å². The maximum atomic E-state index is 5.17. The summed E-state index contributed by atoms with van der Waals surface area (Å²) >= 11 is 3.61. The van der Waals surface area contributed by atoms with Crippen molar-refractivity contribution in [3.05, 3.63) is 152 Å². The van der Waals surface area contributed by atoms with Crippen molar-refractivity contribution in [2.24, 2.45) is 0 Å². The van der Waals surface area contributed by atoms with Crippen molar-refractivity contribution in [2.45, 2.75) is 0 Å². The minimum atomic E-state index is 0.668. The number of hydrogen-bond acceptors (Lipinski definition) is 5. The van der Waals surface area contributed by atoms with Crippen LogP contribution in [0.1, 0.15) is 0 Å². The average molecular weight is 687 g/mol. The smallest absolute Gasteiger partial charge is 0.165 e. The topological polar surface area (TPSA) is 54.5 Å². The molecule has 0 bridgehead atoms. The molecular formula is C45H26N4S2. The number of H-pyrrole nitrogens is 1. The number of aromatic nitrogens is 4. The van der Waals surface area contributed by atoms with Gasteiger partial charge in [-0.2, -0.15) is 0 Å². The lowest BCUT2D eigenvalue weighted by atomic mass is 10.0. The van der Waals surface area contributed by atoms with E-state index in [2.05, 4.69) is 138 Å². The molecule has 11 rings (SSSR count). The predicted molar refractivity (Wildman–Crippen MR) is 217 cm³/mol. The number of rotatable bonds is 4. The Labute approximate surface area is 300 Å². The molecule has 0 aliphatic heterocycles. The van der Waals surface area contributed by atoms with Gasteiger partial charge in [0.05, 0.1) is 5.52 Å². The summed E-state index contributed by atoms with van der Waals surface area (Å²) in [5, 5.41) is 7.48. The van der Waals surface area contributed by atoms with Crippen molar-refractivity contribution in [3.8, 4) is 45.3 Å². The molecule has 0 atom stereocenters. The zero-order valence-electron chi connectivity index (χ0n) is 27.1. The second-order valence-electron chi connectivity index (χ2n) is 12.9. The summed E-state index contributed by atoms with van der Waals surface area (Å²) in [6.07, 6.45) is 0. The fraction of sp³-hybridized carbons (Fsp3) is 0. The van der Waals surface area contributed by atoms with Crippen LogP contribution in [-0.2, 0) is 0 Å². The Hall–Kier alpha value is -6.21. The van der Waals surface area contributed by atoms with Crippen LogP contribution < -0.4 is 0 Å². The lowest BCUT2D eigenvalue weighted by Crippen LogP contribution is -2.00. The summed E-state index contributed by atoms with van der Waals surface area (Å²) < 4.78 is 4.91. The van der Waals surface area contributed by atoms with Crippen LogP contribution in [-0.4, -0.2) is 19.9 Å². The normalized spacial score (nSPS) is 11.9. The Morgan fingerprint density at radius 2 is 0.980 bits per heavy atom. The molecule has 6 heteroatoms.